The van der Waals surface area contributed by atoms with E-state index in [0.29, 0.717) is 12.9 Å². The Morgan fingerprint density at radius 2 is 1.22 bits per heavy atom. The maximum absolute atomic E-state index is 6.10. The minimum Gasteiger partial charge on any atom is -0.378 e. The van der Waals surface area contributed by atoms with Gasteiger partial charge in [-0.1, -0.05) is 84.5 Å². The van der Waals surface area contributed by atoms with E-state index in [1.165, 1.54) is 96.3 Å². The quantitative estimate of drug-likeness (QED) is 0.312. The van der Waals surface area contributed by atoms with Crippen LogP contribution in [0.25, 0.3) is 0 Å². The first-order valence-corrected chi connectivity index (χ1v) is 12.2. The van der Waals surface area contributed by atoms with Crippen molar-refractivity contribution >= 4 is 0 Å². The summed E-state index contributed by atoms with van der Waals surface area (Å²) in [5.41, 5.74) is 0. The summed E-state index contributed by atoms with van der Waals surface area (Å²) in [6.07, 6.45) is 22.6. The summed E-state index contributed by atoms with van der Waals surface area (Å²) in [5.74, 6) is 0.871. The van der Waals surface area contributed by atoms with Crippen molar-refractivity contribution in [2.45, 2.75) is 123 Å². The highest BCUT2D eigenvalue weighted by Gasteiger charge is 2.24. The lowest BCUT2D eigenvalue weighted by molar-refractivity contribution is -0.0963. The van der Waals surface area contributed by atoms with E-state index in [1.54, 1.807) is 0 Å². The molecule has 0 aromatic carbocycles. The summed E-state index contributed by atoms with van der Waals surface area (Å²) in [6, 6.07) is 0. The van der Waals surface area contributed by atoms with Gasteiger partial charge < -0.3 is 14.2 Å². The van der Waals surface area contributed by atoms with Gasteiger partial charge in [-0.25, -0.2) is 0 Å². The Morgan fingerprint density at radius 1 is 0.630 bits per heavy atom. The molecule has 162 valence electrons. The molecule has 2 atom stereocenters. The van der Waals surface area contributed by atoms with Crippen LogP contribution in [-0.2, 0) is 14.2 Å². The van der Waals surface area contributed by atoms with E-state index in [1.807, 2.05) is 0 Å². The van der Waals surface area contributed by atoms with E-state index in [-0.39, 0.29) is 0 Å². The maximum Gasteiger partial charge on any atom is 0.146 e. The van der Waals surface area contributed by atoms with Crippen LogP contribution in [0.1, 0.15) is 117 Å². The SMILES string of the molecule is C1COCOC1.CCCCCCCC[C@H]1OCCC[C@@H]1CCCCCCC. The fraction of sp³-hybridized carbons (Fsp3) is 1.00. The molecule has 0 aromatic rings. The first kappa shape index (κ1) is 24.9. The predicted octanol–water partition coefficient (Wildman–Crippen LogP) is 7.27. The molecule has 0 bridgehead atoms. The zero-order valence-electron chi connectivity index (χ0n) is 18.5. The highest BCUT2D eigenvalue weighted by molar-refractivity contribution is 4.75. The predicted molar refractivity (Wildman–Crippen MR) is 115 cm³/mol. The van der Waals surface area contributed by atoms with Gasteiger partial charge in [-0.2, -0.15) is 0 Å². The van der Waals surface area contributed by atoms with E-state index < -0.39 is 0 Å². The lowest BCUT2D eigenvalue weighted by atomic mass is 9.86. The number of ether oxygens (including phenoxy) is 3. The van der Waals surface area contributed by atoms with Crippen LogP contribution in [0.3, 0.4) is 0 Å². The molecule has 3 heteroatoms. The topological polar surface area (TPSA) is 27.7 Å². The third-order valence-electron chi connectivity index (χ3n) is 5.84. The lowest BCUT2D eigenvalue weighted by Crippen LogP contribution is -2.29. The van der Waals surface area contributed by atoms with Crippen molar-refractivity contribution in [2.24, 2.45) is 5.92 Å². The molecular formula is C24H48O3. The van der Waals surface area contributed by atoms with E-state index in [4.69, 9.17) is 14.2 Å². The van der Waals surface area contributed by atoms with Gasteiger partial charge in [0, 0.05) is 6.61 Å². The normalized spacial score (nSPS) is 22.9. The molecule has 0 N–H and O–H groups in total. The molecule has 0 spiro atoms. The zero-order chi connectivity index (χ0) is 19.4. The summed E-state index contributed by atoms with van der Waals surface area (Å²) in [4.78, 5) is 0. The molecule has 0 aliphatic carbocycles. The van der Waals surface area contributed by atoms with E-state index in [0.717, 1.165) is 32.2 Å². The molecule has 0 saturated carbocycles. The Bertz CT molecular complexity index is 280. The van der Waals surface area contributed by atoms with Gasteiger partial charge in [-0.3, -0.25) is 0 Å². The van der Waals surface area contributed by atoms with Crippen LogP contribution in [-0.4, -0.2) is 32.7 Å². The van der Waals surface area contributed by atoms with Crippen LogP contribution in [0, 0.1) is 5.92 Å². The van der Waals surface area contributed by atoms with Crippen molar-refractivity contribution in [3.63, 3.8) is 0 Å². The van der Waals surface area contributed by atoms with Gasteiger partial charge in [-0.05, 0) is 38.0 Å². The standard InChI is InChI=1S/C20H40O.C4H8O2/c1-3-5-7-9-11-13-17-20-19(16-14-18-21-20)15-12-10-8-6-4-2;1-2-5-4-6-3-1/h19-20H,3-18H2,1-2H3;1-4H2/t19-,20+;/m0./s1. The highest BCUT2D eigenvalue weighted by atomic mass is 16.7. The first-order chi connectivity index (χ1) is 13.4. The lowest BCUT2D eigenvalue weighted by Gasteiger charge is -2.32. The van der Waals surface area contributed by atoms with Crippen molar-refractivity contribution in [3.8, 4) is 0 Å². The van der Waals surface area contributed by atoms with Crippen molar-refractivity contribution in [1.29, 1.82) is 0 Å². The van der Waals surface area contributed by atoms with Crippen molar-refractivity contribution in [2.75, 3.05) is 26.6 Å². The number of hydrogen-bond acceptors (Lipinski definition) is 3. The average Bonchev–Trinajstić information content (AvgIpc) is 2.73. The largest absolute Gasteiger partial charge is 0.378 e. The summed E-state index contributed by atoms with van der Waals surface area (Å²) in [5, 5.41) is 0. The molecule has 2 aliphatic rings. The fourth-order valence-electron chi connectivity index (χ4n) is 4.13. The van der Waals surface area contributed by atoms with E-state index in [2.05, 4.69) is 13.8 Å². The maximum atomic E-state index is 6.10. The summed E-state index contributed by atoms with van der Waals surface area (Å²) < 4.78 is 15.8. The van der Waals surface area contributed by atoms with Crippen LogP contribution in [0.2, 0.25) is 0 Å². The minimum absolute atomic E-state index is 0.500. The van der Waals surface area contributed by atoms with Gasteiger partial charge in [0.2, 0.25) is 0 Å². The molecule has 0 unspecified atom stereocenters. The Balaban J connectivity index is 0.000000511. The fourth-order valence-corrected chi connectivity index (χ4v) is 4.13. The zero-order valence-corrected chi connectivity index (χ0v) is 18.5. The Morgan fingerprint density at radius 3 is 1.78 bits per heavy atom. The number of hydrogen-bond donors (Lipinski definition) is 0. The van der Waals surface area contributed by atoms with E-state index in [9.17, 15) is 0 Å². The Kier molecular flexibility index (Phi) is 17.7. The van der Waals surface area contributed by atoms with Gasteiger partial charge in [-0.15, -0.1) is 0 Å². The minimum atomic E-state index is 0.500. The first-order valence-electron chi connectivity index (χ1n) is 12.2. The van der Waals surface area contributed by atoms with Crippen LogP contribution in [0.5, 0.6) is 0 Å². The second kappa shape index (κ2) is 19.2. The molecule has 2 aliphatic heterocycles. The molecular weight excluding hydrogens is 336 g/mol. The molecule has 0 radical (unpaired) electrons. The summed E-state index contributed by atoms with van der Waals surface area (Å²) in [6.45, 7) is 7.86. The van der Waals surface area contributed by atoms with Gasteiger partial charge in [0.15, 0.2) is 0 Å². The van der Waals surface area contributed by atoms with Gasteiger partial charge in [0.25, 0.3) is 0 Å². The third-order valence-corrected chi connectivity index (χ3v) is 5.84. The van der Waals surface area contributed by atoms with Crippen LogP contribution < -0.4 is 0 Å². The van der Waals surface area contributed by atoms with Crippen LogP contribution in [0.4, 0.5) is 0 Å². The molecule has 2 fully saturated rings. The summed E-state index contributed by atoms with van der Waals surface area (Å²) in [7, 11) is 0. The molecule has 0 amide bonds. The smallest absolute Gasteiger partial charge is 0.146 e. The van der Waals surface area contributed by atoms with Crippen molar-refractivity contribution < 1.29 is 14.2 Å². The van der Waals surface area contributed by atoms with Gasteiger partial charge in [0.05, 0.1) is 19.3 Å². The molecule has 2 saturated heterocycles. The number of unbranched alkanes of at least 4 members (excludes halogenated alkanes) is 9. The van der Waals surface area contributed by atoms with Crippen LogP contribution in [0.15, 0.2) is 0 Å². The molecule has 27 heavy (non-hydrogen) atoms. The molecule has 0 aromatic heterocycles. The van der Waals surface area contributed by atoms with E-state index >= 15 is 0 Å². The van der Waals surface area contributed by atoms with Crippen molar-refractivity contribution in [1.82, 2.24) is 0 Å². The Hall–Kier alpha value is -0.120. The Labute approximate surface area is 169 Å². The van der Waals surface area contributed by atoms with Crippen molar-refractivity contribution in [3.05, 3.63) is 0 Å². The highest BCUT2D eigenvalue weighted by Crippen LogP contribution is 2.29. The second-order valence-corrected chi connectivity index (χ2v) is 8.36. The monoisotopic (exact) mass is 384 g/mol. The van der Waals surface area contributed by atoms with Gasteiger partial charge >= 0.3 is 0 Å². The average molecular weight is 385 g/mol. The second-order valence-electron chi connectivity index (χ2n) is 8.36. The third kappa shape index (κ3) is 14.5. The molecule has 2 heterocycles. The van der Waals surface area contributed by atoms with Crippen LogP contribution >= 0.6 is 0 Å². The number of rotatable bonds is 13. The molecule has 2 rings (SSSR count). The van der Waals surface area contributed by atoms with Gasteiger partial charge in [0.1, 0.15) is 6.79 Å². The summed E-state index contributed by atoms with van der Waals surface area (Å²) >= 11 is 0. The molecule has 3 nitrogen and oxygen atoms in total.